The predicted octanol–water partition coefficient (Wildman–Crippen LogP) is 3.26. The molecular weight excluding hydrogens is 437 g/mol. The highest BCUT2D eigenvalue weighted by atomic mass is 19.1. The quantitative estimate of drug-likeness (QED) is 0.685. The molecule has 2 heterocycles. The summed E-state index contributed by atoms with van der Waals surface area (Å²) in [6, 6.07) is 8.35. The smallest absolute Gasteiger partial charge is 0.256 e. The second kappa shape index (κ2) is 10.2. The number of hydrogen-bond acceptors (Lipinski definition) is 4. The molecule has 33 heavy (non-hydrogen) atoms. The van der Waals surface area contributed by atoms with E-state index >= 15 is 0 Å². The van der Waals surface area contributed by atoms with E-state index in [-0.39, 0.29) is 42.7 Å². The molecule has 2 atom stereocenters. The highest BCUT2D eigenvalue weighted by Crippen LogP contribution is 2.28. The lowest BCUT2D eigenvalue weighted by Crippen LogP contribution is -2.50. The van der Waals surface area contributed by atoms with E-state index in [2.05, 4.69) is 0 Å². The van der Waals surface area contributed by atoms with Gasteiger partial charge in [-0.15, -0.1) is 0 Å². The van der Waals surface area contributed by atoms with Gasteiger partial charge in [-0.05, 0) is 42.5 Å². The lowest BCUT2D eigenvalue weighted by atomic mass is 9.90. The van der Waals surface area contributed by atoms with Crippen molar-refractivity contribution in [1.29, 1.82) is 0 Å². The zero-order chi connectivity index (χ0) is 23.4. The highest BCUT2D eigenvalue weighted by molar-refractivity contribution is 5.94. The molecule has 0 aliphatic carbocycles. The van der Waals surface area contributed by atoms with Gasteiger partial charge in [-0.25, -0.2) is 13.2 Å². The number of carbonyl (C=O) groups excluding carboxylic acids is 2. The molecule has 0 spiro atoms. The maximum atomic E-state index is 14.2. The number of carbonyl (C=O) groups is 2. The van der Waals surface area contributed by atoms with Crippen LogP contribution in [-0.2, 0) is 9.53 Å². The van der Waals surface area contributed by atoms with Crippen LogP contribution in [0.2, 0.25) is 0 Å². The maximum Gasteiger partial charge on any atom is 0.256 e. The van der Waals surface area contributed by atoms with Crippen LogP contribution < -0.4 is 4.74 Å². The van der Waals surface area contributed by atoms with E-state index in [0.29, 0.717) is 38.5 Å². The number of benzene rings is 2. The van der Waals surface area contributed by atoms with Crippen LogP contribution in [0.4, 0.5) is 13.2 Å². The summed E-state index contributed by atoms with van der Waals surface area (Å²) in [6.07, 6.45) is 0.115. The zero-order valence-electron chi connectivity index (χ0n) is 18.0. The molecule has 2 fully saturated rings. The molecule has 2 aromatic rings. The van der Waals surface area contributed by atoms with E-state index < -0.39 is 23.6 Å². The molecule has 9 heteroatoms. The van der Waals surface area contributed by atoms with Crippen molar-refractivity contribution in [2.75, 3.05) is 39.4 Å². The van der Waals surface area contributed by atoms with E-state index in [4.69, 9.17) is 9.47 Å². The number of nitrogens with zero attached hydrogens (tertiary/aromatic N) is 2. The van der Waals surface area contributed by atoms with E-state index in [1.54, 1.807) is 4.90 Å². The fourth-order valence-corrected chi connectivity index (χ4v) is 4.23. The molecule has 2 amide bonds. The van der Waals surface area contributed by atoms with Crippen molar-refractivity contribution >= 4 is 11.8 Å². The number of rotatable bonds is 5. The molecule has 0 aromatic heterocycles. The molecule has 0 bridgehead atoms. The molecule has 2 aliphatic heterocycles. The third-order valence-corrected chi connectivity index (χ3v) is 6.01. The summed E-state index contributed by atoms with van der Waals surface area (Å²) in [6.45, 7) is 2.32. The second-order valence-electron chi connectivity index (χ2n) is 8.23. The van der Waals surface area contributed by atoms with Crippen LogP contribution in [0.15, 0.2) is 42.5 Å². The summed E-state index contributed by atoms with van der Waals surface area (Å²) in [5, 5.41) is 0. The monoisotopic (exact) mass is 462 g/mol. The predicted molar refractivity (Wildman–Crippen MR) is 113 cm³/mol. The Hall–Kier alpha value is -3.07. The fraction of sp³-hybridized carbons (Fsp3) is 0.417. The van der Waals surface area contributed by atoms with Crippen molar-refractivity contribution in [1.82, 2.24) is 9.80 Å². The van der Waals surface area contributed by atoms with Crippen molar-refractivity contribution in [3.05, 3.63) is 65.5 Å². The average molecular weight is 462 g/mol. The van der Waals surface area contributed by atoms with Crippen LogP contribution in [0, 0.1) is 23.4 Å². The van der Waals surface area contributed by atoms with Gasteiger partial charge in [-0.1, -0.05) is 0 Å². The topological polar surface area (TPSA) is 59.1 Å². The van der Waals surface area contributed by atoms with Crippen LogP contribution in [-0.4, -0.2) is 67.1 Å². The zero-order valence-corrected chi connectivity index (χ0v) is 18.0. The van der Waals surface area contributed by atoms with Gasteiger partial charge in [0.25, 0.3) is 5.91 Å². The SMILES string of the molecule is O=C(C[C@H]1CN(C(=O)c2cc(F)ccc2F)CC[C@@H]1Oc1ccc(F)cc1)N1CCOCC1. The number of morpholine rings is 1. The summed E-state index contributed by atoms with van der Waals surface area (Å²) in [5.41, 5.74) is -0.342. The van der Waals surface area contributed by atoms with Gasteiger partial charge in [0.15, 0.2) is 0 Å². The first kappa shape index (κ1) is 23.1. The molecule has 4 rings (SSSR count). The van der Waals surface area contributed by atoms with Gasteiger partial charge < -0.3 is 19.3 Å². The van der Waals surface area contributed by atoms with Gasteiger partial charge in [0, 0.05) is 44.9 Å². The summed E-state index contributed by atoms with van der Waals surface area (Å²) in [7, 11) is 0. The van der Waals surface area contributed by atoms with Crippen molar-refractivity contribution in [3.8, 4) is 5.75 Å². The molecule has 0 N–H and O–H groups in total. The van der Waals surface area contributed by atoms with Crippen LogP contribution in [0.1, 0.15) is 23.2 Å². The second-order valence-corrected chi connectivity index (χ2v) is 8.23. The van der Waals surface area contributed by atoms with Crippen molar-refractivity contribution in [3.63, 3.8) is 0 Å². The summed E-state index contributed by atoms with van der Waals surface area (Å²) in [4.78, 5) is 29.0. The van der Waals surface area contributed by atoms with Crippen LogP contribution in [0.5, 0.6) is 5.75 Å². The van der Waals surface area contributed by atoms with Gasteiger partial charge >= 0.3 is 0 Å². The number of likely N-dealkylation sites (tertiary alicyclic amines) is 1. The summed E-state index contributed by atoms with van der Waals surface area (Å²) < 4.78 is 52.4. The molecule has 2 saturated heterocycles. The first-order valence-corrected chi connectivity index (χ1v) is 10.9. The normalized spacial score (nSPS) is 21.1. The molecular formula is C24H25F3N2O4. The maximum absolute atomic E-state index is 14.2. The van der Waals surface area contributed by atoms with Gasteiger partial charge in [0.05, 0.1) is 18.8 Å². The molecule has 176 valence electrons. The number of piperidine rings is 1. The summed E-state index contributed by atoms with van der Waals surface area (Å²) in [5.74, 6) is -2.52. The molecule has 0 radical (unpaired) electrons. The van der Waals surface area contributed by atoms with E-state index in [1.807, 2.05) is 0 Å². The van der Waals surface area contributed by atoms with Gasteiger partial charge in [-0.3, -0.25) is 9.59 Å². The minimum atomic E-state index is -0.799. The standard InChI is InChI=1S/C24H25F3N2O4/c25-17-1-4-19(5-2-17)33-22-7-8-29(24(31)20-14-18(26)3-6-21(20)27)15-16(22)13-23(30)28-9-11-32-12-10-28/h1-6,14,16,22H,7-13,15H2/t16-,22-/m0/s1. The van der Waals surface area contributed by atoms with Gasteiger partial charge in [-0.2, -0.15) is 0 Å². The summed E-state index contributed by atoms with van der Waals surface area (Å²) >= 11 is 0. The van der Waals surface area contributed by atoms with E-state index in [0.717, 1.165) is 18.2 Å². The molecule has 0 saturated carbocycles. The van der Waals surface area contributed by atoms with E-state index in [9.17, 15) is 22.8 Å². The first-order chi connectivity index (χ1) is 15.9. The number of amides is 2. The number of ether oxygens (including phenoxy) is 2. The Morgan fingerprint density at radius 2 is 1.64 bits per heavy atom. The van der Waals surface area contributed by atoms with Crippen molar-refractivity contribution in [2.24, 2.45) is 5.92 Å². The Morgan fingerprint density at radius 1 is 0.939 bits per heavy atom. The Bertz CT molecular complexity index is 996. The fourth-order valence-electron chi connectivity index (χ4n) is 4.23. The van der Waals surface area contributed by atoms with E-state index in [1.165, 1.54) is 29.2 Å². The molecule has 2 aliphatic rings. The van der Waals surface area contributed by atoms with Gasteiger partial charge in [0.1, 0.15) is 29.3 Å². The Kier molecular flexibility index (Phi) is 7.17. The van der Waals surface area contributed by atoms with Crippen LogP contribution in [0.3, 0.4) is 0 Å². The average Bonchev–Trinajstić information content (AvgIpc) is 2.83. The Labute approximate surface area is 189 Å². The van der Waals surface area contributed by atoms with Gasteiger partial charge in [0.2, 0.25) is 5.91 Å². The number of halogens is 3. The van der Waals surface area contributed by atoms with Crippen LogP contribution in [0.25, 0.3) is 0 Å². The highest BCUT2D eigenvalue weighted by Gasteiger charge is 2.36. The Balaban J connectivity index is 1.51. The van der Waals surface area contributed by atoms with Crippen molar-refractivity contribution in [2.45, 2.75) is 18.9 Å². The largest absolute Gasteiger partial charge is 0.490 e. The molecule has 6 nitrogen and oxygen atoms in total. The minimum Gasteiger partial charge on any atom is -0.490 e. The third kappa shape index (κ3) is 5.65. The van der Waals surface area contributed by atoms with Crippen LogP contribution >= 0.6 is 0 Å². The molecule has 2 aromatic carbocycles. The first-order valence-electron chi connectivity index (χ1n) is 10.9. The number of hydrogen-bond donors (Lipinski definition) is 0. The van der Waals surface area contributed by atoms with Crippen molar-refractivity contribution < 1.29 is 32.2 Å². The lowest BCUT2D eigenvalue weighted by Gasteiger charge is -2.39. The minimum absolute atomic E-state index is 0.0813. The third-order valence-electron chi connectivity index (χ3n) is 6.01. The molecule has 0 unspecified atom stereocenters. The lowest BCUT2D eigenvalue weighted by molar-refractivity contribution is -0.137. The Morgan fingerprint density at radius 3 is 2.36 bits per heavy atom.